The first-order valence-electron chi connectivity index (χ1n) is 4.17. The Morgan fingerprint density at radius 1 is 1.47 bits per heavy atom. The molecular weight excluding hydrogens is 200 g/mol. The third-order valence-electron chi connectivity index (χ3n) is 1.47. The number of phenols is 1. The number of rotatable bonds is 2. The summed E-state index contributed by atoms with van der Waals surface area (Å²) >= 11 is 0. The Morgan fingerprint density at radius 3 is 2.33 bits per heavy atom. The molecule has 0 amide bonds. The number of benzene rings is 1. The van der Waals surface area contributed by atoms with E-state index in [1.54, 1.807) is 12.1 Å². The zero-order chi connectivity index (χ0) is 11.8. The molecule has 84 valence electrons. The van der Waals surface area contributed by atoms with Crippen molar-refractivity contribution >= 4 is 5.97 Å². The van der Waals surface area contributed by atoms with Gasteiger partial charge in [-0.3, -0.25) is 0 Å². The van der Waals surface area contributed by atoms with Gasteiger partial charge < -0.3 is 20.1 Å². The molecule has 0 atom stereocenters. The van der Waals surface area contributed by atoms with Crippen molar-refractivity contribution in [2.45, 2.75) is 6.92 Å². The number of ether oxygens (including phenoxy) is 1. The molecule has 5 nitrogen and oxygen atoms in total. The average Bonchev–Trinajstić information content (AvgIpc) is 2.22. The minimum Gasteiger partial charge on any atom is -0.504 e. The van der Waals surface area contributed by atoms with E-state index in [0.29, 0.717) is 5.75 Å². The summed E-state index contributed by atoms with van der Waals surface area (Å²) in [5, 5.41) is 24.1. The van der Waals surface area contributed by atoms with Crippen molar-refractivity contribution in [3.05, 3.63) is 23.8 Å². The second-order valence-electron chi connectivity index (χ2n) is 2.73. The van der Waals surface area contributed by atoms with Gasteiger partial charge in [-0.1, -0.05) is 6.07 Å². The average molecular weight is 214 g/mol. The fourth-order valence-electron chi connectivity index (χ4n) is 0.785. The van der Waals surface area contributed by atoms with Crippen molar-refractivity contribution in [3.8, 4) is 11.5 Å². The highest BCUT2D eigenvalue weighted by atomic mass is 16.5. The lowest BCUT2D eigenvalue weighted by Gasteiger charge is -2.02. The summed E-state index contributed by atoms with van der Waals surface area (Å²) in [5.74, 6) is -0.474. The maximum atomic E-state index is 9.12. The highest BCUT2D eigenvalue weighted by molar-refractivity contribution is 5.67. The van der Waals surface area contributed by atoms with Crippen molar-refractivity contribution in [1.82, 2.24) is 0 Å². The predicted molar refractivity (Wildman–Crippen MR) is 54.1 cm³/mol. The summed E-state index contributed by atoms with van der Waals surface area (Å²) in [5.41, 5.74) is 1.08. The minimum absolute atomic E-state index is 0.188. The number of methoxy groups -OCH3 is 1. The van der Waals surface area contributed by atoms with Gasteiger partial charge in [0.25, 0.3) is 0 Å². The van der Waals surface area contributed by atoms with Crippen LogP contribution in [0.15, 0.2) is 18.2 Å². The molecule has 1 aromatic carbocycles. The van der Waals surface area contributed by atoms with Gasteiger partial charge in [-0.05, 0) is 24.6 Å². The topological polar surface area (TPSA) is 87.0 Å². The van der Waals surface area contributed by atoms with Gasteiger partial charge in [0.05, 0.1) is 7.11 Å². The van der Waals surface area contributed by atoms with Crippen LogP contribution in [-0.2, 0) is 4.79 Å². The molecule has 1 rings (SSSR count). The number of phenolic OH excluding ortho intramolecular Hbond substituents is 1. The van der Waals surface area contributed by atoms with Crippen LogP contribution in [0, 0.1) is 6.92 Å². The van der Waals surface area contributed by atoms with E-state index in [4.69, 9.17) is 24.9 Å². The molecular formula is C10H14O5. The lowest BCUT2D eigenvalue weighted by atomic mass is 10.2. The molecule has 0 saturated carbocycles. The number of aryl methyl sites for hydroxylation is 1. The van der Waals surface area contributed by atoms with Crippen LogP contribution in [0.2, 0.25) is 0 Å². The molecule has 0 bridgehead atoms. The van der Waals surface area contributed by atoms with Gasteiger partial charge >= 0.3 is 5.97 Å². The van der Waals surface area contributed by atoms with E-state index >= 15 is 0 Å². The number of carboxylic acids is 1. The zero-order valence-corrected chi connectivity index (χ0v) is 8.60. The summed E-state index contributed by atoms with van der Waals surface area (Å²) in [6, 6.07) is 5.24. The van der Waals surface area contributed by atoms with Gasteiger partial charge in [0.15, 0.2) is 11.5 Å². The number of aliphatic hydroxyl groups excluding tert-OH is 1. The van der Waals surface area contributed by atoms with E-state index in [-0.39, 0.29) is 5.75 Å². The lowest BCUT2D eigenvalue weighted by molar-refractivity contribution is -0.140. The Labute approximate surface area is 87.6 Å². The number of aliphatic hydroxyl groups is 1. The standard InChI is InChI=1S/C8H10O2.C2H4O3/c1-6-3-4-7(9)8(5-6)10-2;3-1-2(4)5/h3-5,9H,1-2H3;3H,1H2,(H,4,5). The van der Waals surface area contributed by atoms with Gasteiger partial charge in [0.1, 0.15) is 6.61 Å². The normalized spacial score (nSPS) is 8.73. The molecule has 0 heterocycles. The summed E-state index contributed by atoms with van der Waals surface area (Å²) in [4.78, 5) is 9.12. The second kappa shape index (κ2) is 6.67. The summed E-state index contributed by atoms with van der Waals surface area (Å²) in [6.45, 7) is 1.17. The molecule has 1 aromatic rings. The lowest BCUT2D eigenvalue weighted by Crippen LogP contribution is -1.98. The third-order valence-corrected chi connectivity index (χ3v) is 1.47. The quantitative estimate of drug-likeness (QED) is 0.677. The van der Waals surface area contributed by atoms with Crippen LogP contribution in [0.3, 0.4) is 0 Å². The maximum absolute atomic E-state index is 9.12. The fourth-order valence-corrected chi connectivity index (χ4v) is 0.785. The van der Waals surface area contributed by atoms with E-state index in [2.05, 4.69) is 0 Å². The summed E-state index contributed by atoms with van der Waals surface area (Å²) in [7, 11) is 1.54. The Kier molecular flexibility index (Phi) is 5.89. The van der Waals surface area contributed by atoms with E-state index in [1.165, 1.54) is 7.11 Å². The molecule has 0 aliphatic carbocycles. The van der Waals surface area contributed by atoms with Gasteiger partial charge in [-0.15, -0.1) is 0 Å². The molecule has 0 radical (unpaired) electrons. The largest absolute Gasteiger partial charge is 0.504 e. The monoisotopic (exact) mass is 214 g/mol. The van der Waals surface area contributed by atoms with E-state index in [0.717, 1.165) is 5.56 Å². The van der Waals surface area contributed by atoms with Crippen molar-refractivity contribution in [2.24, 2.45) is 0 Å². The van der Waals surface area contributed by atoms with Crippen LogP contribution in [0.1, 0.15) is 5.56 Å². The number of aliphatic carboxylic acids is 1. The van der Waals surface area contributed by atoms with E-state index < -0.39 is 12.6 Å². The molecule has 3 N–H and O–H groups in total. The molecule has 15 heavy (non-hydrogen) atoms. The molecule has 0 unspecified atom stereocenters. The Balaban J connectivity index is 0.000000336. The number of aromatic hydroxyl groups is 1. The van der Waals surface area contributed by atoms with E-state index in [9.17, 15) is 0 Å². The second-order valence-corrected chi connectivity index (χ2v) is 2.73. The molecule has 0 saturated heterocycles. The van der Waals surface area contributed by atoms with Crippen molar-refractivity contribution in [1.29, 1.82) is 0 Å². The van der Waals surface area contributed by atoms with Crippen LogP contribution in [-0.4, -0.2) is 35.0 Å². The van der Waals surface area contributed by atoms with Crippen LogP contribution in [0.4, 0.5) is 0 Å². The molecule has 0 aliphatic rings. The number of hydrogen-bond donors (Lipinski definition) is 3. The SMILES string of the molecule is COc1cc(C)ccc1O.O=C(O)CO. The smallest absolute Gasteiger partial charge is 0.329 e. The Bertz CT molecular complexity index is 322. The highest BCUT2D eigenvalue weighted by Crippen LogP contribution is 2.25. The first-order valence-corrected chi connectivity index (χ1v) is 4.17. The number of carbonyl (C=O) groups is 1. The summed E-state index contributed by atoms with van der Waals surface area (Å²) < 4.78 is 4.88. The Morgan fingerprint density at radius 2 is 2.00 bits per heavy atom. The van der Waals surface area contributed by atoms with Crippen LogP contribution >= 0.6 is 0 Å². The van der Waals surface area contributed by atoms with Crippen LogP contribution in [0.25, 0.3) is 0 Å². The zero-order valence-electron chi connectivity index (χ0n) is 8.60. The predicted octanol–water partition coefficient (Wildman–Crippen LogP) is 0.773. The van der Waals surface area contributed by atoms with Crippen LogP contribution < -0.4 is 4.74 Å². The van der Waals surface area contributed by atoms with Gasteiger partial charge in [-0.2, -0.15) is 0 Å². The number of hydrogen-bond acceptors (Lipinski definition) is 4. The first-order chi connectivity index (χ1) is 7.01. The van der Waals surface area contributed by atoms with E-state index in [1.807, 2.05) is 13.0 Å². The van der Waals surface area contributed by atoms with Crippen molar-refractivity contribution in [2.75, 3.05) is 13.7 Å². The third kappa shape index (κ3) is 5.53. The van der Waals surface area contributed by atoms with Gasteiger partial charge in [0, 0.05) is 0 Å². The summed E-state index contributed by atoms with van der Waals surface area (Å²) in [6.07, 6.45) is 0. The van der Waals surface area contributed by atoms with Gasteiger partial charge in [0.2, 0.25) is 0 Å². The first kappa shape index (κ1) is 13.2. The molecule has 5 heteroatoms. The van der Waals surface area contributed by atoms with Crippen molar-refractivity contribution < 1.29 is 24.9 Å². The minimum atomic E-state index is -1.19. The molecule has 0 fully saturated rings. The van der Waals surface area contributed by atoms with Crippen molar-refractivity contribution in [3.63, 3.8) is 0 Å². The fraction of sp³-hybridized carbons (Fsp3) is 0.300. The molecule has 0 spiro atoms. The molecule has 0 aromatic heterocycles. The van der Waals surface area contributed by atoms with Crippen LogP contribution in [0.5, 0.6) is 11.5 Å². The number of carboxylic acid groups (broad SMARTS) is 1. The Hall–Kier alpha value is -1.75. The highest BCUT2D eigenvalue weighted by Gasteiger charge is 1.97. The van der Waals surface area contributed by atoms with Gasteiger partial charge in [-0.25, -0.2) is 4.79 Å². The molecule has 0 aliphatic heterocycles. The maximum Gasteiger partial charge on any atom is 0.329 e.